The van der Waals surface area contributed by atoms with E-state index in [1.165, 1.54) is 4.57 Å². The van der Waals surface area contributed by atoms with Crippen LogP contribution in [0.25, 0.3) is 0 Å². The number of rotatable bonds is 14. The Hall–Kier alpha value is -2.79. The summed E-state index contributed by atoms with van der Waals surface area (Å²) in [4.78, 5) is 29.8. The van der Waals surface area contributed by atoms with Gasteiger partial charge in [0.15, 0.2) is 31.2 Å². The first-order valence-corrected chi connectivity index (χ1v) is 28.2. The van der Waals surface area contributed by atoms with Crippen molar-refractivity contribution in [1.82, 2.24) is 9.55 Å². The molecule has 1 aliphatic heterocycles. The van der Waals surface area contributed by atoms with Crippen LogP contribution < -0.4 is 20.7 Å². The molecule has 0 aliphatic carbocycles. The van der Waals surface area contributed by atoms with Gasteiger partial charge in [0.05, 0.1) is 13.7 Å². The minimum atomic E-state index is -2.45. The molecule has 2 heterocycles. The Morgan fingerprint density at radius 3 is 1.84 bits per heavy atom. The van der Waals surface area contributed by atoms with E-state index in [1.54, 1.807) is 13.3 Å². The van der Waals surface area contributed by atoms with E-state index in [2.05, 4.69) is 107 Å². The number of hydrogen-bond donors (Lipinski definition) is 1. The first-order valence-electron chi connectivity index (χ1n) is 19.5. The molecule has 3 aromatic rings. The molecule has 1 aromatic heterocycles. The average Bonchev–Trinajstić information content (AvgIpc) is 3.38. The van der Waals surface area contributed by atoms with Crippen molar-refractivity contribution in [3.8, 4) is 11.5 Å². The van der Waals surface area contributed by atoms with Crippen molar-refractivity contribution in [2.75, 3.05) is 13.7 Å². The van der Waals surface area contributed by atoms with Crippen LogP contribution in [-0.4, -0.2) is 66.5 Å². The Labute approximate surface area is 332 Å². The summed E-state index contributed by atoms with van der Waals surface area (Å²) in [5.74, 6) is 1.48. The van der Waals surface area contributed by atoms with Crippen molar-refractivity contribution in [1.29, 1.82) is 0 Å². The van der Waals surface area contributed by atoms with Crippen molar-refractivity contribution < 1.29 is 27.5 Å². The molecular formula is C42H68N2O8Si3. The summed E-state index contributed by atoms with van der Waals surface area (Å²) in [5.41, 5.74) is 1.33. The van der Waals surface area contributed by atoms with Crippen LogP contribution in [0, 0.1) is 0 Å². The van der Waals surface area contributed by atoms with E-state index >= 15 is 0 Å². The first kappa shape index (κ1) is 44.9. The van der Waals surface area contributed by atoms with Crippen LogP contribution in [0.2, 0.25) is 54.4 Å². The van der Waals surface area contributed by atoms with E-state index in [0.29, 0.717) is 30.9 Å². The van der Waals surface area contributed by atoms with Gasteiger partial charge < -0.3 is 27.5 Å². The lowest BCUT2D eigenvalue weighted by atomic mass is 10.1. The fourth-order valence-corrected chi connectivity index (χ4v) is 9.19. The zero-order valence-corrected chi connectivity index (χ0v) is 39.3. The summed E-state index contributed by atoms with van der Waals surface area (Å²) < 4.78 is 41.1. The average molecular weight is 813 g/mol. The van der Waals surface area contributed by atoms with Crippen LogP contribution in [-0.2, 0) is 31.0 Å². The zero-order chi connectivity index (χ0) is 41.4. The summed E-state index contributed by atoms with van der Waals surface area (Å²) in [6.45, 7) is 33.9. The molecule has 306 valence electrons. The molecule has 4 rings (SSSR count). The van der Waals surface area contributed by atoms with Gasteiger partial charge in [-0.3, -0.25) is 14.3 Å². The van der Waals surface area contributed by atoms with Crippen LogP contribution >= 0.6 is 0 Å². The number of aromatic amines is 1. The number of nitrogens with one attached hydrogen (secondary N) is 1. The SMILES string of the molecule is COc1cccc(COc2ccc(Cc3cn([C@@H]4O[C@H](CO[Si](C)(C)C(C)(C)C)[C@@H](O[Si](C)(C)C(C)(C)C)[C@H]4O[Si](C)(C)C(C)(C)C)c(=O)[nH]c3=O)cc2)c1. The van der Waals surface area contributed by atoms with Gasteiger partial charge in [0, 0.05) is 18.2 Å². The fraction of sp³-hybridized carbons (Fsp3) is 0.619. The van der Waals surface area contributed by atoms with Gasteiger partial charge in [0.1, 0.15) is 36.4 Å². The standard InChI is InChI=1S/C42H68N2O8Si3/c1-40(2,3)53(11,12)49-28-34-35(51-54(13,14)41(4,5)6)36(52-55(15,16)42(7,8)9)38(50-34)44-26-31(37(45)43-39(44)46)24-29-20-22-32(23-21-29)48-27-30-18-17-19-33(25-30)47-10/h17-23,25-26,34-36,38H,24,27-28H2,1-16H3,(H,43,45,46)/t34-,35-,36-,38-/m1/s1. The second kappa shape index (κ2) is 16.6. The predicted octanol–water partition coefficient (Wildman–Crippen LogP) is 9.42. The van der Waals surface area contributed by atoms with Gasteiger partial charge in [-0.1, -0.05) is 86.6 Å². The highest BCUT2D eigenvalue weighted by Crippen LogP contribution is 2.46. The molecule has 1 N–H and O–H groups in total. The van der Waals surface area contributed by atoms with E-state index in [1.807, 2.05) is 48.5 Å². The molecule has 0 amide bonds. The molecule has 0 bridgehead atoms. The quantitative estimate of drug-likeness (QED) is 0.161. The molecule has 55 heavy (non-hydrogen) atoms. The smallest absolute Gasteiger partial charge is 0.330 e. The lowest BCUT2D eigenvalue weighted by Crippen LogP contribution is -2.55. The van der Waals surface area contributed by atoms with Gasteiger partial charge in [0.25, 0.3) is 5.56 Å². The third-order valence-corrected chi connectivity index (χ3v) is 25.8. The van der Waals surface area contributed by atoms with Gasteiger partial charge in [-0.15, -0.1) is 0 Å². The minimum absolute atomic E-state index is 0.0110. The molecule has 2 aromatic carbocycles. The number of ether oxygens (including phenoxy) is 3. The van der Waals surface area contributed by atoms with Crippen molar-refractivity contribution in [2.24, 2.45) is 0 Å². The van der Waals surface area contributed by atoms with Gasteiger partial charge in [-0.05, 0) is 89.8 Å². The largest absolute Gasteiger partial charge is 0.497 e. The molecule has 0 unspecified atom stereocenters. The Bertz CT molecular complexity index is 1870. The zero-order valence-electron chi connectivity index (χ0n) is 36.3. The highest BCUT2D eigenvalue weighted by Gasteiger charge is 2.55. The summed E-state index contributed by atoms with van der Waals surface area (Å²) in [7, 11) is -5.38. The second-order valence-corrected chi connectivity index (χ2v) is 33.9. The maximum atomic E-state index is 13.8. The van der Waals surface area contributed by atoms with Crippen LogP contribution in [0.15, 0.2) is 64.3 Å². The van der Waals surface area contributed by atoms with E-state index < -0.39 is 60.7 Å². The normalized spacial score (nSPS) is 20.1. The number of nitrogens with zero attached hydrogens (tertiary/aromatic N) is 1. The van der Waals surface area contributed by atoms with Gasteiger partial charge in [-0.2, -0.15) is 0 Å². The summed E-state index contributed by atoms with van der Waals surface area (Å²) in [6, 6.07) is 15.4. The Balaban J connectivity index is 1.72. The van der Waals surface area contributed by atoms with Crippen LogP contribution in [0.3, 0.4) is 0 Å². The summed E-state index contributed by atoms with van der Waals surface area (Å²) in [5, 5.41) is -0.224. The number of H-pyrrole nitrogens is 1. The van der Waals surface area contributed by atoms with Crippen LogP contribution in [0.1, 0.15) is 85.2 Å². The van der Waals surface area contributed by atoms with E-state index in [9.17, 15) is 9.59 Å². The van der Waals surface area contributed by atoms with Gasteiger partial charge in [0.2, 0.25) is 0 Å². The molecule has 0 saturated carbocycles. The molecular weight excluding hydrogens is 745 g/mol. The second-order valence-electron chi connectivity index (χ2n) is 19.6. The Morgan fingerprint density at radius 2 is 1.29 bits per heavy atom. The van der Waals surface area contributed by atoms with Crippen LogP contribution in [0.5, 0.6) is 11.5 Å². The maximum absolute atomic E-state index is 13.8. The number of benzene rings is 2. The first-order chi connectivity index (χ1) is 25.2. The number of aromatic nitrogens is 2. The fourth-order valence-electron chi connectivity index (χ4n) is 5.57. The molecule has 0 spiro atoms. The molecule has 13 heteroatoms. The van der Waals surface area contributed by atoms with Crippen molar-refractivity contribution in [2.45, 2.75) is 154 Å². The van der Waals surface area contributed by atoms with Gasteiger partial charge >= 0.3 is 5.69 Å². The highest BCUT2D eigenvalue weighted by atomic mass is 28.4. The Kier molecular flexibility index (Phi) is 13.6. The summed E-state index contributed by atoms with van der Waals surface area (Å²) in [6.07, 6.45) is -0.547. The maximum Gasteiger partial charge on any atom is 0.330 e. The summed E-state index contributed by atoms with van der Waals surface area (Å²) >= 11 is 0. The topological polar surface area (TPSA) is 110 Å². The minimum Gasteiger partial charge on any atom is -0.497 e. The molecule has 1 fully saturated rings. The molecule has 1 aliphatic rings. The van der Waals surface area contributed by atoms with Crippen molar-refractivity contribution in [3.63, 3.8) is 0 Å². The van der Waals surface area contributed by atoms with E-state index in [-0.39, 0.29) is 15.1 Å². The van der Waals surface area contributed by atoms with Gasteiger partial charge in [-0.25, -0.2) is 4.79 Å². The lowest BCUT2D eigenvalue weighted by molar-refractivity contribution is -0.0511. The molecule has 10 nitrogen and oxygen atoms in total. The van der Waals surface area contributed by atoms with E-state index in [4.69, 9.17) is 27.5 Å². The third-order valence-electron chi connectivity index (χ3n) is 12.3. The van der Waals surface area contributed by atoms with Crippen molar-refractivity contribution in [3.05, 3.63) is 92.3 Å². The van der Waals surface area contributed by atoms with Crippen LogP contribution in [0.4, 0.5) is 0 Å². The molecule has 4 atom stereocenters. The number of hydrogen-bond acceptors (Lipinski definition) is 8. The van der Waals surface area contributed by atoms with Crippen molar-refractivity contribution >= 4 is 25.0 Å². The molecule has 1 saturated heterocycles. The third kappa shape index (κ3) is 10.8. The lowest BCUT2D eigenvalue weighted by Gasteiger charge is -2.44. The predicted molar refractivity (Wildman–Crippen MR) is 229 cm³/mol. The Morgan fingerprint density at radius 1 is 0.727 bits per heavy atom. The highest BCUT2D eigenvalue weighted by molar-refractivity contribution is 6.75. The molecule has 0 radical (unpaired) electrons. The monoisotopic (exact) mass is 812 g/mol. The number of methoxy groups -OCH3 is 1. The van der Waals surface area contributed by atoms with E-state index in [0.717, 1.165) is 16.9 Å².